The lowest BCUT2D eigenvalue weighted by Crippen LogP contribution is -2.28. The first-order valence-electron chi connectivity index (χ1n) is 18.6. The van der Waals surface area contributed by atoms with Crippen molar-refractivity contribution in [2.24, 2.45) is 0 Å². The van der Waals surface area contributed by atoms with Crippen LogP contribution in [-0.2, 0) is 5.41 Å². The van der Waals surface area contributed by atoms with Crippen LogP contribution in [0.3, 0.4) is 0 Å². The summed E-state index contributed by atoms with van der Waals surface area (Å²) in [6.45, 7) is 0. The van der Waals surface area contributed by atoms with E-state index in [1.165, 1.54) is 89.4 Å². The number of rotatable bonds is 2. The van der Waals surface area contributed by atoms with Gasteiger partial charge in [-0.1, -0.05) is 147 Å². The van der Waals surface area contributed by atoms with E-state index in [0.717, 1.165) is 45.8 Å². The lowest BCUT2D eigenvalue weighted by molar-refractivity contribution is 0.354. The first-order valence-corrected chi connectivity index (χ1v) is 19.4. The van der Waals surface area contributed by atoms with E-state index < -0.39 is 0 Å². The second-order valence-corrected chi connectivity index (χ2v) is 15.8. The Hall–Kier alpha value is -5.84. The van der Waals surface area contributed by atoms with Crippen LogP contribution in [0.1, 0.15) is 43.2 Å². The van der Waals surface area contributed by atoms with Crippen molar-refractivity contribution in [1.29, 1.82) is 0 Å². The molecule has 52 heavy (non-hydrogen) atoms. The van der Waals surface area contributed by atoms with E-state index >= 15 is 0 Å². The number of nitrogens with zero attached hydrogens (tertiary/aromatic N) is 3. The molecule has 10 aromatic rings. The summed E-state index contributed by atoms with van der Waals surface area (Å²) in [5.41, 5.74) is 11.2. The third-order valence-corrected chi connectivity index (χ3v) is 13.3. The lowest BCUT2D eigenvalue weighted by atomic mass is 9.67. The average Bonchev–Trinajstić information content (AvgIpc) is 3.85. The van der Waals surface area contributed by atoms with Gasteiger partial charge in [0.05, 0.1) is 26.9 Å². The van der Waals surface area contributed by atoms with Gasteiger partial charge in [0, 0.05) is 31.8 Å². The van der Waals surface area contributed by atoms with E-state index in [1.54, 1.807) is 11.3 Å². The van der Waals surface area contributed by atoms with Crippen LogP contribution in [0.15, 0.2) is 140 Å². The zero-order valence-electron chi connectivity index (χ0n) is 28.6. The molecule has 7 aromatic carbocycles. The fourth-order valence-electron chi connectivity index (χ4n) is 10.1. The fraction of sp³-hybridized carbons (Fsp3) is 0.125. The second-order valence-electron chi connectivity index (χ2n) is 14.7. The second kappa shape index (κ2) is 10.6. The lowest BCUT2D eigenvalue weighted by Gasteiger charge is -2.36. The minimum absolute atomic E-state index is 0.0736. The van der Waals surface area contributed by atoms with Crippen LogP contribution in [0, 0.1) is 0 Å². The molecule has 0 bridgehead atoms. The molecule has 3 aromatic heterocycles. The minimum atomic E-state index is -0.0736. The molecule has 3 nitrogen and oxygen atoms in total. The topological polar surface area (TPSA) is 30.7 Å². The van der Waals surface area contributed by atoms with Gasteiger partial charge in [-0.05, 0) is 68.8 Å². The smallest absolute Gasteiger partial charge is 0.235 e. The number of hydrogen-bond acceptors (Lipinski definition) is 3. The van der Waals surface area contributed by atoms with E-state index in [2.05, 4.69) is 144 Å². The highest BCUT2D eigenvalue weighted by molar-refractivity contribution is 7.26. The van der Waals surface area contributed by atoms with Crippen LogP contribution in [-0.4, -0.2) is 14.5 Å². The molecule has 2 aliphatic carbocycles. The van der Waals surface area contributed by atoms with Gasteiger partial charge in [-0.2, -0.15) is 0 Å². The molecule has 0 radical (unpaired) electrons. The Kier molecular flexibility index (Phi) is 5.87. The van der Waals surface area contributed by atoms with Crippen molar-refractivity contribution in [3.05, 3.63) is 151 Å². The maximum Gasteiger partial charge on any atom is 0.235 e. The Bertz CT molecular complexity index is 3110. The van der Waals surface area contributed by atoms with Crippen LogP contribution in [0.4, 0.5) is 0 Å². The van der Waals surface area contributed by atoms with E-state index in [-0.39, 0.29) is 5.41 Å². The maximum atomic E-state index is 5.64. The highest BCUT2D eigenvalue weighted by Gasteiger charge is 2.47. The van der Waals surface area contributed by atoms with Gasteiger partial charge in [0.2, 0.25) is 5.95 Å². The molecule has 0 unspecified atom stereocenters. The summed E-state index contributed by atoms with van der Waals surface area (Å²) >= 11 is 1.80. The molecule has 0 amide bonds. The average molecular weight is 684 g/mol. The van der Waals surface area contributed by atoms with Gasteiger partial charge < -0.3 is 0 Å². The summed E-state index contributed by atoms with van der Waals surface area (Å²) in [6.07, 6.45) is 6.04. The summed E-state index contributed by atoms with van der Waals surface area (Å²) in [5, 5.41) is 8.95. The van der Waals surface area contributed by atoms with E-state index in [0.29, 0.717) is 0 Å². The molecular formula is C48H33N3S. The first kappa shape index (κ1) is 28.8. The molecule has 3 heterocycles. The predicted octanol–water partition coefficient (Wildman–Crippen LogP) is 13.1. The standard InChI is InChI=1S/C48H33N3S/c1-3-16-30(17-4-1)43-46-44(35-22-10-12-24-38(35)52-46)50-47(49-43)51-37-26-25-29-15-5-6-18-31(29)40(37)41-33-20-8-7-19-32(33)39-34-21-9-11-23-36(34)48(42(39)45(41)51)27-13-2-14-28-48/h1,3-12,15-26H,2,13-14,27-28H2. The summed E-state index contributed by atoms with van der Waals surface area (Å²) in [4.78, 5) is 11.3. The molecule has 4 heteroatoms. The largest absolute Gasteiger partial charge is 0.278 e. The molecule has 0 saturated heterocycles. The Morgan fingerprint density at radius 1 is 0.577 bits per heavy atom. The Morgan fingerprint density at radius 2 is 1.29 bits per heavy atom. The molecular weight excluding hydrogens is 651 g/mol. The number of thiophene rings is 1. The molecule has 0 atom stereocenters. The van der Waals surface area contributed by atoms with Gasteiger partial charge in [0.25, 0.3) is 0 Å². The molecule has 246 valence electrons. The van der Waals surface area contributed by atoms with Crippen molar-refractivity contribution in [3.63, 3.8) is 0 Å². The zero-order chi connectivity index (χ0) is 34.0. The summed E-state index contributed by atoms with van der Waals surface area (Å²) in [6, 6.07) is 51.4. The molecule has 1 saturated carbocycles. The SMILES string of the molecule is c1ccc(-c2nc(-n3c4ccc5ccccc5c4c4c5ccccc5c5c(c43)C3(CCCCC3)c3ccccc3-5)nc3c2sc2ccccc23)cc1. The zero-order valence-corrected chi connectivity index (χ0v) is 29.4. The predicted molar refractivity (Wildman–Crippen MR) is 219 cm³/mol. The Balaban J connectivity index is 1.35. The Labute approximate surface area is 304 Å². The Morgan fingerprint density at radius 3 is 2.15 bits per heavy atom. The van der Waals surface area contributed by atoms with Gasteiger partial charge in [0.15, 0.2) is 0 Å². The quantitative estimate of drug-likeness (QED) is 0.182. The van der Waals surface area contributed by atoms with E-state index in [9.17, 15) is 0 Å². The monoisotopic (exact) mass is 683 g/mol. The van der Waals surface area contributed by atoms with Crippen molar-refractivity contribution < 1.29 is 0 Å². The van der Waals surface area contributed by atoms with E-state index in [4.69, 9.17) is 9.97 Å². The molecule has 1 spiro atoms. The van der Waals surface area contributed by atoms with Crippen molar-refractivity contribution in [2.75, 3.05) is 0 Å². The highest BCUT2D eigenvalue weighted by Crippen LogP contribution is 2.61. The van der Waals surface area contributed by atoms with Gasteiger partial charge >= 0.3 is 0 Å². The first-order chi connectivity index (χ1) is 25.8. The summed E-state index contributed by atoms with van der Waals surface area (Å²) < 4.78 is 4.84. The molecule has 1 fully saturated rings. The molecule has 0 aliphatic heterocycles. The summed E-state index contributed by atoms with van der Waals surface area (Å²) in [7, 11) is 0. The number of benzene rings is 7. The normalized spacial score (nSPS) is 15.1. The van der Waals surface area contributed by atoms with Gasteiger partial charge in [-0.15, -0.1) is 11.3 Å². The van der Waals surface area contributed by atoms with Crippen LogP contribution in [0.25, 0.3) is 92.0 Å². The summed E-state index contributed by atoms with van der Waals surface area (Å²) in [5.74, 6) is 0.740. The minimum Gasteiger partial charge on any atom is -0.278 e. The van der Waals surface area contributed by atoms with Gasteiger partial charge in [-0.25, -0.2) is 9.97 Å². The van der Waals surface area contributed by atoms with Crippen molar-refractivity contribution >= 4 is 75.0 Å². The maximum absolute atomic E-state index is 5.64. The van der Waals surface area contributed by atoms with Crippen LogP contribution in [0.5, 0.6) is 0 Å². The van der Waals surface area contributed by atoms with E-state index in [1.807, 2.05) is 0 Å². The van der Waals surface area contributed by atoms with Crippen LogP contribution >= 0.6 is 11.3 Å². The van der Waals surface area contributed by atoms with Crippen molar-refractivity contribution in [1.82, 2.24) is 14.5 Å². The number of aromatic nitrogens is 3. The van der Waals surface area contributed by atoms with Gasteiger partial charge in [-0.3, -0.25) is 4.57 Å². The van der Waals surface area contributed by atoms with Gasteiger partial charge in [0.1, 0.15) is 0 Å². The molecule has 12 rings (SSSR count). The van der Waals surface area contributed by atoms with Crippen LogP contribution < -0.4 is 0 Å². The van der Waals surface area contributed by atoms with Crippen molar-refractivity contribution in [2.45, 2.75) is 37.5 Å². The third-order valence-electron chi connectivity index (χ3n) is 12.2. The fourth-order valence-corrected chi connectivity index (χ4v) is 11.2. The number of hydrogen-bond donors (Lipinski definition) is 0. The van der Waals surface area contributed by atoms with Crippen LogP contribution in [0.2, 0.25) is 0 Å². The molecule has 0 N–H and O–H groups in total. The number of fused-ring (bicyclic) bond motifs is 17. The third kappa shape index (κ3) is 3.70. The molecule has 2 aliphatic rings. The highest BCUT2D eigenvalue weighted by atomic mass is 32.1. The van der Waals surface area contributed by atoms with Crippen molar-refractivity contribution in [3.8, 4) is 28.3 Å².